The Labute approximate surface area is 77.2 Å². The predicted molar refractivity (Wildman–Crippen MR) is 54.1 cm³/mol. The number of nitrogens with zero attached hydrogens (tertiary/aromatic N) is 2. The molecule has 0 radical (unpaired) electrons. The van der Waals surface area contributed by atoms with Crippen molar-refractivity contribution in [2.45, 2.75) is 6.92 Å². The maximum absolute atomic E-state index is 4.26. The molecule has 0 amide bonds. The molecule has 1 heterocycles. The lowest BCUT2D eigenvalue weighted by atomic mass is 10.1. The summed E-state index contributed by atoms with van der Waals surface area (Å²) in [5.41, 5.74) is 4.99. The normalized spacial score (nSPS) is 15.8. The van der Waals surface area contributed by atoms with Crippen molar-refractivity contribution in [3.63, 3.8) is 0 Å². The summed E-state index contributed by atoms with van der Waals surface area (Å²) in [4.78, 5) is 4.26. The molecule has 0 unspecified atom stereocenters. The van der Waals surface area contributed by atoms with E-state index < -0.39 is 0 Å². The van der Waals surface area contributed by atoms with Crippen molar-refractivity contribution in [1.82, 2.24) is 5.43 Å². The second-order valence-electron chi connectivity index (χ2n) is 2.94. The van der Waals surface area contributed by atoms with Gasteiger partial charge in [0, 0.05) is 0 Å². The quantitative estimate of drug-likeness (QED) is 0.685. The lowest BCUT2D eigenvalue weighted by molar-refractivity contribution is 0.961. The van der Waals surface area contributed by atoms with Gasteiger partial charge in [0.2, 0.25) is 0 Å². The van der Waals surface area contributed by atoms with E-state index in [2.05, 4.69) is 15.5 Å². The molecule has 0 spiro atoms. The average molecular weight is 173 g/mol. The Balaban J connectivity index is 2.21. The second kappa shape index (κ2) is 3.39. The zero-order valence-corrected chi connectivity index (χ0v) is 7.49. The van der Waals surface area contributed by atoms with Crippen molar-refractivity contribution < 1.29 is 0 Å². The lowest BCUT2D eigenvalue weighted by Crippen LogP contribution is -2.24. The first kappa shape index (κ1) is 7.98. The van der Waals surface area contributed by atoms with Crippen LogP contribution in [0.2, 0.25) is 0 Å². The zero-order valence-electron chi connectivity index (χ0n) is 7.49. The molecule has 0 aromatic heterocycles. The predicted octanol–water partition coefficient (Wildman–Crippen LogP) is 1.41. The molecule has 1 aromatic rings. The van der Waals surface area contributed by atoms with Crippen molar-refractivity contribution in [2.75, 3.05) is 6.54 Å². The Morgan fingerprint density at radius 2 is 2.00 bits per heavy atom. The van der Waals surface area contributed by atoms with Gasteiger partial charge in [0.05, 0.1) is 12.3 Å². The van der Waals surface area contributed by atoms with Gasteiger partial charge in [0.25, 0.3) is 0 Å². The van der Waals surface area contributed by atoms with Crippen LogP contribution in [0.4, 0.5) is 0 Å². The Morgan fingerprint density at radius 1 is 1.23 bits per heavy atom. The van der Waals surface area contributed by atoms with Gasteiger partial charge in [-0.3, -0.25) is 10.4 Å². The fourth-order valence-electron chi connectivity index (χ4n) is 1.20. The highest BCUT2D eigenvalue weighted by Gasteiger charge is 2.05. The summed E-state index contributed by atoms with van der Waals surface area (Å²) in [5.74, 6) is 0.875. The van der Waals surface area contributed by atoms with Gasteiger partial charge in [0.15, 0.2) is 0 Å². The van der Waals surface area contributed by atoms with Gasteiger partial charge in [-0.2, -0.15) is 5.10 Å². The van der Waals surface area contributed by atoms with Crippen molar-refractivity contribution in [3.05, 3.63) is 35.9 Å². The Bertz CT molecular complexity index is 352. The molecule has 0 atom stereocenters. The number of benzene rings is 1. The van der Waals surface area contributed by atoms with E-state index in [1.807, 2.05) is 37.3 Å². The van der Waals surface area contributed by atoms with Crippen LogP contribution in [0.25, 0.3) is 0 Å². The van der Waals surface area contributed by atoms with Crippen molar-refractivity contribution in [2.24, 2.45) is 10.1 Å². The SMILES string of the molecule is CC1=NCC(c2ccccc2)=NN1. The van der Waals surface area contributed by atoms with Crippen LogP contribution in [0.15, 0.2) is 40.4 Å². The first-order chi connectivity index (χ1) is 6.36. The minimum atomic E-state index is 0.669. The smallest absolute Gasteiger partial charge is 0.114 e. The monoisotopic (exact) mass is 173 g/mol. The molecule has 1 aliphatic heterocycles. The number of hydrogen-bond acceptors (Lipinski definition) is 3. The van der Waals surface area contributed by atoms with Crippen LogP contribution in [0, 0.1) is 0 Å². The molecule has 66 valence electrons. The summed E-state index contributed by atoms with van der Waals surface area (Å²) in [6, 6.07) is 10.1. The second-order valence-corrected chi connectivity index (χ2v) is 2.94. The molecule has 13 heavy (non-hydrogen) atoms. The number of nitrogens with one attached hydrogen (secondary N) is 1. The van der Waals surface area contributed by atoms with E-state index in [4.69, 9.17) is 0 Å². The van der Waals surface area contributed by atoms with Crippen LogP contribution >= 0.6 is 0 Å². The zero-order chi connectivity index (χ0) is 9.10. The molecule has 0 fully saturated rings. The molecule has 3 nitrogen and oxygen atoms in total. The van der Waals surface area contributed by atoms with E-state index in [0.717, 1.165) is 17.1 Å². The third kappa shape index (κ3) is 1.75. The van der Waals surface area contributed by atoms with E-state index in [1.54, 1.807) is 0 Å². The summed E-state index contributed by atoms with van der Waals surface area (Å²) in [5, 5.41) is 4.22. The minimum Gasteiger partial charge on any atom is -0.265 e. The highest BCUT2D eigenvalue weighted by atomic mass is 15.3. The molecule has 1 aliphatic rings. The van der Waals surface area contributed by atoms with Crippen LogP contribution in [0.3, 0.4) is 0 Å². The van der Waals surface area contributed by atoms with Gasteiger partial charge < -0.3 is 0 Å². The molecule has 1 N–H and O–H groups in total. The van der Waals surface area contributed by atoms with Gasteiger partial charge in [-0.15, -0.1) is 0 Å². The summed E-state index contributed by atoms with van der Waals surface area (Å²) in [7, 11) is 0. The van der Waals surface area contributed by atoms with Crippen molar-refractivity contribution in [3.8, 4) is 0 Å². The van der Waals surface area contributed by atoms with Gasteiger partial charge >= 0.3 is 0 Å². The molecule has 2 rings (SSSR count). The van der Waals surface area contributed by atoms with Crippen LogP contribution < -0.4 is 5.43 Å². The molecular weight excluding hydrogens is 162 g/mol. The Morgan fingerprint density at radius 3 is 2.62 bits per heavy atom. The van der Waals surface area contributed by atoms with E-state index in [-0.39, 0.29) is 0 Å². The summed E-state index contributed by atoms with van der Waals surface area (Å²) >= 11 is 0. The fraction of sp³-hybridized carbons (Fsp3) is 0.200. The lowest BCUT2D eigenvalue weighted by Gasteiger charge is -2.10. The number of rotatable bonds is 1. The number of hydrazone groups is 1. The molecule has 0 saturated carbocycles. The molecule has 0 aliphatic carbocycles. The Hall–Kier alpha value is -1.64. The van der Waals surface area contributed by atoms with Crippen molar-refractivity contribution >= 4 is 11.5 Å². The van der Waals surface area contributed by atoms with E-state index in [1.165, 1.54) is 0 Å². The van der Waals surface area contributed by atoms with E-state index in [0.29, 0.717) is 6.54 Å². The standard InChI is InChI=1S/C10H11N3/c1-8-11-7-10(13-12-8)9-5-3-2-4-6-9/h2-6H,7H2,1H3,(H,11,12). The third-order valence-corrected chi connectivity index (χ3v) is 1.93. The first-order valence-corrected chi connectivity index (χ1v) is 4.25. The van der Waals surface area contributed by atoms with Crippen LogP contribution in [-0.2, 0) is 0 Å². The molecule has 1 aromatic carbocycles. The summed E-state index contributed by atoms with van der Waals surface area (Å²) in [6.07, 6.45) is 0. The van der Waals surface area contributed by atoms with Gasteiger partial charge in [-0.05, 0) is 12.5 Å². The number of amidine groups is 1. The van der Waals surface area contributed by atoms with Gasteiger partial charge in [0.1, 0.15) is 5.84 Å². The van der Waals surface area contributed by atoms with Crippen LogP contribution in [-0.4, -0.2) is 18.1 Å². The first-order valence-electron chi connectivity index (χ1n) is 4.25. The molecule has 0 bridgehead atoms. The van der Waals surface area contributed by atoms with E-state index in [9.17, 15) is 0 Å². The van der Waals surface area contributed by atoms with Gasteiger partial charge in [-0.1, -0.05) is 30.3 Å². The average Bonchev–Trinajstić information content (AvgIpc) is 2.20. The Kier molecular flexibility index (Phi) is 2.08. The number of hydrogen-bond donors (Lipinski definition) is 1. The van der Waals surface area contributed by atoms with E-state index >= 15 is 0 Å². The van der Waals surface area contributed by atoms with Crippen LogP contribution in [0.5, 0.6) is 0 Å². The maximum atomic E-state index is 4.26. The largest absolute Gasteiger partial charge is 0.265 e. The summed E-state index contributed by atoms with van der Waals surface area (Å²) in [6.45, 7) is 2.58. The minimum absolute atomic E-state index is 0.669. The number of aliphatic imine (C=N–C) groups is 1. The summed E-state index contributed by atoms with van der Waals surface area (Å²) < 4.78 is 0. The van der Waals surface area contributed by atoms with Gasteiger partial charge in [-0.25, -0.2) is 0 Å². The highest BCUT2D eigenvalue weighted by molar-refractivity contribution is 6.04. The maximum Gasteiger partial charge on any atom is 0.114 e. The topological polar surface area (TPSA) is 36.8 Å². The van der Waals surface area contributed by atoms with Crippen LogP contribution in [0.1, 0.15) is 12.5 Å². The molecular formula is C10H11N3. The third-order valence-electron chi connectivity index (χ3n) is 1.93. The molecule has 3 heteroatoms. The molecule has 0 saturated heterocycles. The fourth-order valence-corrected chi connectivity index (χ4v) is 1.20. The highest BCUT2D eigenvalue weighted by Crippen LogP contribution is 2.03. The van der Waals surface area contributed by atoms with Crippen molar-refractivity contribution in [1.29, 1.82) is 0 Å².